The minimum absolute atomic E-state index is 0.0553. The van der Waals surface area contributed by atoms with Gasteiger partial charge in [-0.15, -0.1) is 0 Å². The van der Waals surface area contributed by atoms with Gasteiger partial charge in [0, 0.05) is 0 Å². The van der Waals surface area contributed by atoms with Gasteiger partial charge < -0.3 is 5.11 Å². The molecule has 1 aliphatic carbocycles. The van der Waals surface area contributed by atoms with Crippen LogP contribution in [0.1, 0.15) is 59.8 Å². The van der Waals surface area contributed by atoms with Crippen molar-refractivity contribution in [2.45, 2.75) is 65.9 Å². The van der Waals surface area contributed by atoms with Crippen molar-refractivity contribution in [2.24, 2.45) is 17.3 Å². The first-order chi connectivity index (χ1) is 6.45. The summed E-state index contributed by atoms with van der Waals surface area (Å²) in [5.41, 5.74) is 0.274. The van der Waals surface area contributed by atoms with E-state index < -0.39 is 0 Å². The van der Waals surface area contributed by atoms with Gasteiger partial charge in [0.25, 0.3) is 0 Å². The molecule has 3 atom stereocenters. The summed E-state index contributed by atoms with van der Waals surface area (Å²) >= 11 is 0. The van der Waals surface area contributed by atoms with Crippen molar-refractivity contribution in [2.75, 3.05) is 0 Å². The lowest BCUT2D eigenvalue weighted by molar-refractivity contribution is -0.0100. The normalized spacial score (nSPS) is 34.5. The standard InChI is InChI=1S/C13H26O/c1-5-6-10-7-8-11(12(14)9-10)13(2,3)4/h10-12,14H,5-9H2,1-4H3. The molecule has 1 heteroatoms. The fourth-order valence-corrected chi connectivity index (χ4v) is 2.91. The van der Waals surface area contributed by atoms with E-state index in [-0.39, 0.29) is 11.5 Å². The fourth-order valence-electron chi connectivity index (χ4n) is 2.91. The summed E-state index contributed by atoms with van der Waals surface area (Å²) in [7, 11) is 0. The molecule has 0 aromatic carbocycles. The first-order valence-electron chi connectivity index (χ1n) is 6.13. The van der Waals surface area contributed by atoms with E-state index in [0.717, 1.165) is 12.3 Å². The van der Waals surface area contributed by atoms with E-state index in [1.54, 1.807) is 0 Å². The van der Waals surface area contributed by atoms with Gasteiger partial charge in [-0.1, -0.05) is 40.5 Å². The third kappa shape index (κ3) is 2.98. The molecule has 0 amide bonds. The maximum Gasteiger partial charge on any atom is 0.0576 e. The van der Waals surface area contributed by atoms with E-state index in [0.29, 0.717) is 5.92 Å². The minimum Gasteiger partial charge on any atom is -0.393 e. The van der Waals surface area contributed by atoms with E-state index in [2.05, 4.69) is 27.7 Å². The molecule has 0 heterocycles. The van der Waals surface area contributed by atoms with Crippen molar-refractivity contribution in [3.05, 3.63) is 0 Å². The second-order valence-corrected chi connectivity index (χ2v) is 6.01. The zero-order chi connectivity index (χ0) is 10.8. The Bertz CT molecular complexity index is 169. The van der Waals surface area contributed by atoms with Crippen LogP contribution >= 0.6 is 0 Å². The number of aliphatic hydroxyl groups is 1. The van der Waals surface area contributed by atoms with Crippen LogP contribution in [0.4, 0.5) is 0 Å². The molecule has 0 bridgehead atoms. The lowest BCUT2D eigenvalue weighted by Crippen LogP contribution is -2.37. The van der Waals surface area contributed by atoms with Crippen molar-refractivity contribution in [1.29, 1.82) is 0 Å². The zero-order valence-electron chi connectivity index (χ0n) is 10.2. The minimum atomic E-state index is -0.0553. The molecule has 1 N–H and O–H groups in total. The molecule has 0 aliphatic heterocycles. The quantitative estimate of drug-likeness (QED) is 0.718. The maximum absolute atomic E-state index is 10.1. The summed E-state index contributed by atoms with van der Waals surface area (Å²) in [6.07, 6.45) is 6.09. The summed E-state index contributed by atoms with van der Waals surface area (Å²) < 4.78 is 0. The van der Waals surface area contributed by atoms with Crippen molar-refractivity contribution < 1.29 is 5.11 Å². The summed E-state index contributed by atoms with van der Waals surface area (Å²) in [6, 6.07) is 0. The van der Waals surface area contributed by atoms with Crippen molar-refractivity contribution in [3.8, 4) is 0 Å². The van der Waals surface area contributed by atoms with Crippen LogP contribution in [0.3, 0.4) is 0 Å². The molecule has 0 aromatic rings. The Hall–Kier alpha value is -0.0400. The predicted octanol–water partition coefficient (Wildman–Crippen LogP) is 3.61. The number of aliphatic hydroxyl groups excluding tert-OH is 1. The van der Waals surface area contributed by atoms with E-state index in [4.69, 9.17) is 0 Å². The Kier molecular flexibility index (Phi) is 4.00. The highest BCUT2D eigenvalue weighted by molar-refractivity contribution is 4.86. The molecule has 0 aromatic heterocycles. The average Bonchev–Trinajstić information content (AvgIpc) is 2.02. The van der Waals surface area contributed by atoms with Gasteiger partial charge in [0.2, 0.25) is 0 Å². The zero-order valence-corrected chi connectivity index (χ0v) is 10.2. The van der Waals surface area contributed by atoms with Gasteiger partial charge in [0.1, 0.15) is 0 Å². The molecule has 14 heavy (non-hydrogen) atoms. The molecule has 1 rings (SSSR count). The Morgan fingerprint density at radius 1 is 1.21 bits per heavy atom. The van der Waals surface area contributed by atoms with Gasteiger partial charge >= 0.3 is 0 Å². The highest BCUT2D eigenvalue weighted by Gasteiger charge is 2.35. The fraction of sp³-hybridized carbons (Fsp3) is 1.00. The Balaban J connectivity index is 2.48. The van der Waals surface area contributed by atoms with Gasteiger partial charge in [-0.05, 0) is 36.5 Å². The first-order valence-corrected chi connectivity index (χ1v) is 6.13. The molecule has 3 unspecified atom stereocenters. The third-order valence-corrected chi connectivity index (χ3v) is 3.73. The van der Waals surface area contributed by atoms with Crippen LogP contribution in [0.15, 0.2) is 0 Å². The maximum atomic E-state index is 10.1. The van der Waals surface area contributed by atoms with Crippen LogP contribution in [-0.2, 0) is 0 Å². The summed E-state index contributed by atoms with van der Waals surface area (Å²) in [5, 5.41) is 10.1. The monoisotopic (exact) mass is 198 g/mol. The molecule has 1 nitrogen and oxygen atoms in total. The van der Waals surface area contributed by atoms with E-state index in [1.807, 2.05) is 0 Å². The van der Waals surface area contributed by atoms with Crippen molar-refractivity contribution in [1.82, 2.24) is 0 Å². The van der Waals surface area contributed by atoms with Crippen molar-refractivity contribution in [3.63, 3.8) is 0 Å². The topological polar surface area (TPSA) is 20.2 Å². The Labute approximate surface area is 88.9 Å². The van der Waals surface area contributed by atoms with E-state index in [9.17, 15) is 5.11 Å². The number of rotatable bonds is 2. The predicted molar refractivity (Wildman–Crippen MR) is 61.2 cm³/mol. The first kappa shape index (κ1) is 12.0. The van der Waals surface area contributed by atoms with Gasteiger partial charge in [0.15, 0.2) is 0 Å². The summed E-state index contributed by atoms with van der Waals surface area (Å²) in [6.45, 7) is 8.99. The lowest BCUT2D eigenvalue weighted by Gasteiger charge is -2.40. The molecule has 1 fully saturated rings. The molecule has 0 spiro atoms. The third-order valence-electron chi connectivity index (χ3n) is 3.73. The smallest absolute Gasteiger partial charge is 0.0576 e. The van der Waals surface area contributed by atoms with E-state index in [1.165, 1.54) is 25.7 Å². The van der Waals surface area contributed by atoms with Gasteiger partial charge in [0.05, 0.1) is 6.10 Å². The molecule has 1 saturated carbocycles. The molecule has 0 saturated heterocycles. The average molecular weight is 198 g/mol. The van der Waals surface area contributed by atoms with Crippen LogP contribution in [0.25, 0.3) is 0 Å². The van der Waals surface area contributed by atoms with Crippen LogP contribution in [0.5, 0.6) is 0 Å². The van der Waals surface area contributed by atoms with Crippen molar-refractivity contribution >= 4 is 0 Å². The van der Waals surface area contributed by atoms with Crippen LogP contribution in [0, 0.1) is 17.3 Å². The van der Waals surface area contributed by atoms with Crippen LogP contribution < -0.4 is 0 Å². The second kappa shape index (κ2) is 4.65. The lowest BCUT2D eigenvalue weighted by atomic mass is 9.67. The molecular weight excluding hydrogens is 172 g/mol. The second-order valence-electron chi connectivity index (χ2n) is 6.01. The van der Waals surface area contributed by atoms with Gasteiger partial charge in [-0.3, -0.25) is 0 Å². The highest BCUT2D eigenvalue weighted by atomic mass is 16.3. The number of hydrogen-bond acceptors (Lipinski definition) is 1. The largest absolute Gasteiger partial charge is 0.393 e. The molecule has 84 valence electrons. The highest BCUT2D eigenvalue weighted by Crippen LogP contribution is 2.41. The Morgan fingerprint density at radius 2 is 1.86 bits per heavy atom. The molecule has 0 radical (unpaired) electrons. The Morgan fingerprint density at radius 3 is 2.29 bits per heavy atom. The molecular formula is C13H26O. The van der Waals surface area contributed by atoms with Gasteiger partial charge in [-0.25, -0.2) is 0 Å². The van der Waals surface area contributed by atoms with Crippen LogP contribution in [0.2, 0.25) is 0 Å². The van der Waals surface area contributed by atoms with E-state index >= 15 is 0 Å². The summed E-state index contributed by atoms with van der Waals surface area (Å²) in [4.78, 5) is 0. The molecule has 1 aliphatic rings. The SMILES string of the molecule is CCCC1CCC(C(C)(C)C)C(O)C1. The van der Waals surface area contributed by atoms with Gasteiger partial charge in [-0.2, -0.15) is 0 Å². The summed E-state index contributed by atoms with van der Waals surface area (Å²) in [5.74, 6) is 1.30. The van der Waals surface area contributed by atoms with Crippen LogP contribution in [-0.4, -0.2) is 11.2 Å². The number of hydrogen-bond donors (Lipinski definition) is 1.